The molecular weight excluding hydrogens is 308 g/mol. The molecule has 1 aromatic carbocycles. The summed E-state index contributed by atoms with van der Waals surface area (Å²) in [6, 6.07) is 7.19. The van der Waals surface area contributed by atoms with Crippen LogP contribution >= 0.6 is 0 Å². The number of rotatable bonds is 5. The van der Waals surface area contributed by atoms with Crippen LogP contribution in [0.15, 0.2) is 33.9 Å². The Morgan fingerprint density at radius 1 is 1.17 bits per heavy atom. The number of carbonyl (C=O) groups is 1. The van der Waals surface area contributed by atoms with Crippen LogP contribution in [0.3, 0.4) is 0 Å². The molecule has 2 aromatic rings. The first-order valence-electron chi connectivity index (χ1n) is 8.05. The largest absolute Gasteiger partial charge is 0.352 e. The highest BCUT2D eigenvalue weighted by Crippen LogP contribution is 2.07. The molecular formula is C17H22N4O3. The lowest BCUT2D eigenvalue weighted by Crippen LogP contribution is -2.46. The Morgan fingerprint density at radius 3 is 2.38 bits per heavy atom. The second kappa shape index (κ2) is 7.25. The summed E-state index contributed by atoms with van der Waals surface area (Å²) < 4.78 is 2.15. The molecule has 0 N–H and O–H groups in total. The lowest BCUT2D eigenvalue weighted by atomic mass is 10.2. The lowest BCUT2D eigenvalue weighted by Gasteiger charge is -2.18. The van der Waals surface area contributed by atoms with E-state index in [1.807, 2.05) is 26.8 Å². The summed E-state index contributed by atoms with van der Waals surface area (Å²) in [4.78, 5) is 39.1. The minimum atomic E-state index is -0.650. The summed E-state index contributed by atoms with van der Waals surface area (Å²) in [6.45, 7) is 8.34. The van der Waals surface area contributed by atoms with Crippen LogP contribution in [0, 0.1) is 6.92 Å². The van der Waals surface area contributed by atoms with Crippen molar-refractivity contribution in [2.24, 2.45) is 0 Å². The Bertz CT molecular complexity index is 863. The topological polar surface area (TPSA) is 77.2 Å². The van der Waals surface area contributed by atoms with E-state index in [1.165, 1.54) is 4.90 Å². The van der Waals surface area contributed by atoms with Gasteiger partial charge in [-0.3, -0.25) is 14.2 Å². The van der Waals surface area contributed by atoms with E-state index in [9.17, 15) is 14.4 Å². The Balaban J connectivity index is 2.74. The van der Waals surface area contributed by atoms with Gasteiger partial charge in [0.05, 0.1) is 5.69 Å². The third-order valence-corrected chi connectivity index (χ3v) is 3.88. The van der Waals surface area contributed by atoms with Crippen molar-refractivity contribution >= 4 is 5.91 Å². The van der Waals surface area contributed by atoms with E-state index in [1.54, 1.807) is 25.1 Å². The van der Waals surface area contributed by atoms with Crippen LogP contribution in [-0.2, 0) is 6.54 Å². The van der Waals surface area contributed by atoms with E-state index in [0.717, 1.165) is 14.8 Å². The fraction of sp³-hybridized carbons (Fsp3) is 0.412. The quantitative estimate of drug-likeness (QED) is 0.825. The first-order chi connectivity index (χ1) is 11.4. The van der Waals surface area contributed by atoms with Crippen molar-refractivity contribution in [3.63, 3.8) is 0 Å². The summed E-state index contributed by atoms with van der Waals surface area (Å²) >= 11 is 0. The number of aryl methyl sites for hydroxylation is 1. The van der Waals surface area contributed by atoms with Crippen molar-refractivity contribution < 1.29 is 4.79 Å². The molecule has 0 radical (unpaired) electrons. The van der Waals surface area contributed by atoms with Crippen molar-refractivity contribution in [3.8, 4) is 5.69 Å². The van der Waals surface area contributed by atoms with Gasteiger partial charge in [-0.05, 0) is 45.4 Å². The van der Waals surface area contributed by atoms with E-state index < -0.39 is 17.2 Å². The number of nitrogens with zero attached hydrogens (tertiary/aromatic N) is 4. The number of amides is 1. The van der Waals surface area contributed by atoms with Gasteiger partial charge in [0.25, 0.3) is 11.5 Å². The average molecular weight is 330 g/mol. The second-order valence-electron chi connectivity index (χ2n) is 5.41. The van der Waals surface area contributed by atoms with E-state index in [-0.39, 0.29) is 12.2 Å². The third-order valence-electron chi connectivity index (χ3n) is 3.88. The fourth-order valence-electron chi connectivity index (χ4n) is 2.52. The predicted octanol–water partition coefficient (Wildman–Crippen LogP) is 1.20. The number of hydrogen-bond donors (Lipinski definition) is 0. The van der Waals surface area contributed by atoms with Gasteiger partial charge in [-0.1, -0.05) is 12.1 Å². The molecule has 0 bridgehead atoms. The standard InChI is InChI=1S/C17H22N4O3/c1-5-19(6-2)15(22)14-16(23)20(7-3)17(24)21(18-14)13-10-8-9-12(4)11-13/h8-11H,5-7H2,1-4H3. The van der Waals surface area contributed by atoms with Gasteiger partial charge in [-0.15, -0.1) is 0 Å². The fourth-order valence-corrected chi connectivity index (χ4v) is 2.52. The summed E-state index contributed by atoms with van der Waals surface area (Å²) in [6.07, 6.45) is 0. The number of hydrogen-bond acceptors (Lipinski definition) is 4. The number of benzene rings is 1. The molecule has 0 aliphatic carbocycles. The molecule has 128 valence electrons. The van der Waals surface area contributed by atoms with Crippen LogP contribution in [0.5, 0.6) is 0 Å². The van der Waals surface area contributed by atoms with Gasteiger partial charge in [-0.2, -0.15) is 9.78 Å². The molecule has 24 heavy (non-hydrogen) atoms. The zero-order valence-corrected chi connectivity index (χ0v) is 14.4. The van der Waals surface area contributed by atoms with Crippen molar-refractivity contribution in [2.75, 3.05) is 13.1 Å². The molecule has 7 nitrogen and oxygen atoms in total. The zero-order chi connectivity index (χ0) is 17.9. The molecule has 2 rings (SSSR count). The number of aromatic nitrogens is 3. The normalized spacial score (nSPS) is 10.7. The molecule has 0 saturated carbocycles. The molecule has 1 heterocycles. The Hall–Kier alpha value is -2.70. The van der Waals surface area contributed by atoms with Gasteiger partial charge in [0.15, 0.2) is 0 Å². The molecule has 0 aliphatic heterocycles. The maximum atomic E-state index is 12.6. The molecule has 0 atom stereocenters. The second-order valence-corrected chi connectivity index (χ2v) is 5.41. The molecule has 7 heteroatoms. The lowest BCUT2D eigenvalue weighted by molar-refractivity contribution is 0.0761. The Morgan fingerprint density at radius 2 is 1.83 bits per heavy atom. The minimum absolute atomic E-state index is 0.171. The Kier molecular flexibility index (Phi) is 5.33. The van der Waals surface area contributed by atoms with Crippen molar-refractivity contribution in [3.05, 3.63) is 56.4 Å². The average Bonchev–Trinajstić information content (AvgIpc) is 2.56. The summed E-state index contributed by atoms with van der Waals surface area (Å²) in [5, 5.41) is 4.09. The van der Waals surface area contributed by atoms with Gasteiger partial charge >= 0.3 is 5.69 Å². The van der Waals surface area contributed by atoms with Crippen molar-refractivity contribution in [2.45, 2.75) is 34.2 Å². The highest BCUT2D eigenvalue weighted by Gasteiger charge is 2.22. The van der Waals surface area contributed by atoms with Gasteiger partial charge in [-0.25, -0.2) is 4.79 Å². The van der Waals surface area contributed by atoms with Gasteiger partial charge in [0.2, 0.25) is 5.69 Å². The molecule has 0 spiro atoms. The van der Waals surface area contributed by atoms with Crippen LogP contribution < -0.4 is 11.2 Å². The predicted molar refractivity (Wildman–Crippen MR) is 91.8 cm³/mol. The molecule has 0 aliphatic rings. The van der Waals surface area contributed by atoms with Gasteiger partial charge < -0.3 is 4.90 Å². The van der Waals surface area contributed by atoms with Crippen LogP contribution in [0.25, 0.3) is 5.69 Å². The van der Waals surface area contributed by atoms with Crippen molar-refractivity contribution in [1.29, 1.82) is 0 Å². The van der Waals surface area contributed by atoms with Crippen LogP contribution in [0.4, 0.5) is 0 Å². The maximum Gasteiger partial charge on any atom is 0.352 e. The monoisotopic (exact) mass is 330 g/mol. The molecule has 0 saturated heterocycles. The zero-order valence-electron chi connectivity index (χ0n) is 14.4. The summed E-state index contributed by atoms with van der Waals surface area (Å²) in [7, 11) is 0. The summed E-state index contributed by atoms with van der Waals surface area (Å²) in [5.41, 5.74) is 0.0389. The molecule has 0 fully saturated rings. The third kappa shape index (κ3) is 3.15. The number of carbonyl (C=O) groups excluding carboxylic acids is 1. The van der Waals surface area contributed by atoms with E-state index in [2.05, 4.69) is 5.10 Å². The van der Waals surface area contributed by atoms with E-state index in [0.29, 0.717) is 18.8 Å². The first-order valence-corrected chi connectivity index (χ1v) is 8.05. The van der Waals surface area contributed by atoms with Gasteiger partial charge in [0, 0.05) is 19.6 Å². The van der Waals surface area contributed by atoms with Crippen molar-refractivity contribution in [1.82, 2.24) is 19.2 Å². The smallest absolute Gasteiger partial charge is 0.338 e. The maximum absolute atomic E-state index is 12.6. The van der Waals surface area contributed by atoms with Crippen LogP contribution in [0.1, 0.15) is 36.8 Å². The highest BCUT2D eigenvalue weighted by atomic mass is 16.2. The SMILES string of the molecule is CCN(CC)C(=O)c1nn(-c2cccc(C)c2)c(=O)n(CC)c1=O. The molecule has 1 aromatic heterocycles. The minimum Gasteiger partial charge on any atom is -0.338 e. The van der Waals surface area contributed by atoms with E-state index in [4.69, 9.17) is 0 Å². The van der Waals surface area contributed by atoms with E-state index >= 15 is 0 Å². The molecule has 1 amide bonds. The highest BCUT2D eigenvalue weighted by molar-refractivity contribution is 5.91. The first kappa shape index (κ1) is 17.7. The molecule has 0 unspecified atom stereocenters. The van der Waals surface area contributed by atoms with Crippen LogP contribution in [-0.4, -0.2) is 38.2 Å². The van der Waals surface area contributed by atoms with Crippen LogP contribution in [0.2, 0.25) is 0 Å². The summed E-state index contributed by atoms with van der Waals surface area (Å²) in [5.74, 6) is -0.464. The Labute approximate surface area is 140 Å². The van der Waals surface area contributed by atoms with Gasteiger partial charge in [0.1, 0.15) is 0 Å².